The Kier molecular flexibility index (Phi) is 6.37. The molecule has 0 radical (unpaired) electrons. The van der Waals surface area contributed by atoms with Crippen molar-refractivity contribution in [3.8, 4) is 11.5 Å². The van der Waals surface area contributed by atoms with E-state index < -0.39 is 11.0 Å². The van der Waals surface area contributed by atoms with Crippen LogP contribution in [-0.2, 0) is 11.0 Å². The van der Waals surface area contributed by atoms with Gasteiger partial charge in [-0.1, -0.05) is 18.2 Å². The Labute approximate surface area is 188 Å². The minimum atomic E-state index is -1.55. The normalized spacial score (nSPS) is 11.6. The lowest BCUT2D eigenvalue weighted by molar-refractivity contribution is 0.395. The van der Waals surface area contributed by atoms with E-state index >= 15 is 0 Å². The van der Waals surface area contributed by atoms with Gasteiger partial charge in [0.15, 0.2) is 22.6 Å². The monoisotopic (exact) mass is 449 g/mol. The summed E-state index contributed by atoms with van der Waals surface area (Å²) >= 11 is 0. The van der Waals surface area contributed by atoms with E-state index in [1.165, 1.54) is 0 Å². The molecule has 4 aromatic rings. The van der Waals surface area contributed by atoms with Gasteiger partial charge in [0.1, 0.15) is 11.5 Å². The number of rotatable bonds is 8. The fourth-order valence-electron chi connectivity index (χ4n) is 3.09. The number of nitrogens with zero attached hydrogens (tertiary/aromatic N) is 2. The minimum absolute atomic E-state index is 0.360. The highest BCUT2D eigenvalue weighted by atomic mass is 32.2. The van der Waals surface area contributed by atoms with Crippen LogP contribution >= 0.6 is 0 Å². The molecule has 1 unspecified atom stereocenters. The van der Waals surface area contributed by atoms with Crippen LogP contribution in [0.5, 0.6) is 11.5 Å². The van der Waals surface area contributed by atoms with Crippen LogP contribution in [0.2, 0.25) is 0 Å². The van der Waals surface area contributed by atoms with Crippen molar-refractivity contribution >= 4 is 45.0 Å². The molecule has 1 aromatic heterocycles. The highest BCUT2D eigenvalue weighted by Crippen LogP contribution is 2.31. The van der Waals surface area contributed by atoms with Gasteiger partial charge in [0.25, 0.3) is 0 Å². The Bertz CT molecular complexity index is 1260. The standard InChI is InChI=1S/C23H23N5O3S/c1-24-15-7-6-8-19(13-15)32(29)28-23-22(26-20-9-4-5-10-21(20)27-23)25-16-11-17(30-2)14-18(12-16)31-3/h4-14,24H,1-3H3,(H,25,26)(H,27,28). The molecule has 8 nitrogen and oxygen atoms in total. The molecule has 0 saturated carbocycles. The summed E-state index contributed by atoms with van der Waals surface area (Å²) in [6, 6.07) is 20.3. The van der Waals surface area contributed by atoms with Crippen LogP contribution in [0.25, 0.3) is 11.0 Å². The number of methoxy groups -OCH3 is 2. The van der Waals surface area contributed by atoms with Crippen LogP contribution in [0.15, 0.2) is 71.6 Å². The van der Waals surface area contributed by atoms with E-state index in [0.717, 1.165) is 5.69 Å². The first-order valence-electron chi connectivity index (χ1n) is 9.82. The first-order valence-corrected chi connectivity index (χ1v) is 11.0. The number of fused-ring (bicyclic) bond motifs is 1. The van der Waals surface area contributed by atoms with Crippen molar-refractivity contribution in [3.63, 3.8) is 0 Å². The molecule has 0 aliphatic rings. The number of nitrogens with one attached hydrogen (secondary N) is 3. The predicted molar refractivity (Wildman–Crippen MR) is 128 cm³/mol. The van der Waals surface area contributed by atoms with Gasteiger partial charge in [0.2, 0.25) is 0 Å². The molecular weight excluding hydrogens is 426 g/mol. The zero-order chi connectivity index (χ0) is 22.5. The lowest BCUT2D eigenvalue weighted by Crippen LogP contribution is -2.10. The minimum Gasteiger partial charge on any atom is -0.497 e. The van der Waals surface area contributed by atoms with Gasteiger partial charge in [-0.25, -0.2) is 14.2 Å². The maximum absolute atomic E-state index is 13.1. The van der Waals surface area contributed by atoms with Gasteiger partial charge in [-0.3, -0.25) is 4.72 Å². The molecule has 0 spiro atoms. The van der Waals surface area contributed by atoms with Crippen LogP contribution in [0, 0.1) is 0 Å². The van der Waals surface area contributed by atoms with Crippen LogP contribution in [-0.4, -0.2) is 35.4 Å². The summed E-state index contributed by atoms with van der Waals surface area (Å²) in [5.74, 6) is 2.04. The summed E-state index contributed by atoms with van der Waals surface area (Å²) in [5.41, 5.74) is 2.95. The van der Waals surface area contributed by atoms with Crippen molar-refractivity contribution in [2.45, 2.75) is 4.90 Å². The third-order valence-corrected chi connectivity index (χ3v) is 5.77. The molecule has 0 bridgehead atoms. The lowest BCUT2D eigenvalue weighted by atomic mass is 10.2. The van der Waals surface area contributed by atoms with E-state index in [-0.39, 0.29) is 0 Å². The molecule has 0 saturated heterocycles. The van der Waals surface area contributed by atoms with Crippen molar-refractivity contribution in [2.24, 2.45) is 0 Å². The Hall–Kier alpha value is -3.85. The lowest BCUT2D eigenvalue weighted by Gasteiger charge is -2.15. The van der Waals surface area contributed by atoms with E-state index in [2.05, 4.69) is 20.3 Å². The molecule has 0 fully saturated rings. The van der Waals surface area contributed by atoms with Gasteiger partial charge in [0, 0.05) is 36.6 Å². The van der Waals surface area contributed by atoms with E-state index in [1.54, 1.807) is 26.4 Å². The highest BCUT2D eigenvalue weighted by molar-refractivity contribution is 7.86. The van der Waals surface area contributed by atoms with Crippen LogP contribution < -0.4 is 24.8 Å². The van der Waals surface area contributed by atoms with Crippen molar-refractivity contribution in [2.75, 3.05) is 36.6 Å². The summed E-state index contributed by atoms with van der Waals surface area (Å²) in [6.07, 6.45) is 0. The smallest absolute Gasteiger partial charge is 0.182 e. The summed E-state index contributed by atoms with van der Waals surface area (Å²) < 4.78 is 26.8. The predicted octanol–water partition coefficient (Wildman–Crippen LogP) is 4.57. The van der Waals surface area contributed by atoms with E-state index in [0.29, 0.717) is 44.8 Å². The first-order chi connectivity index (χ1) is 15.6. The largest absolute Gasteiger partial charge is 0.497 e. The third kappa shape index (κ3) is 4.73. The average molecular weight is 450 g/mol. The van der Waals surface area contributed by atoms with Gasteiger partial charge in [-0.05, 0) is 30.3 Å². The second kappa shape index (κ2) is 9.52. The van der Waals surface area contributed by atoms with Crippen molar-refractivity contribution in [1.29, 1.82) is 0 Å². The number of hydrogen-bond donors (Lipinski definition) is 3. The fourth-order valence-corrected chi connectivity index (χ4v) is 3.96. The molecule has 0 aliphatic carbocycles. The van der Waals surface area contributed by atoms with Gasteiger partial charge >= 0.3 is 0 Å². The molecule has 1 heterocycles. The highest BCUT2D eigenvalue weighted by Gasteiger charge is 2.14. The zero-order valence-electron chi connectivity index (χ0n) is 17.9. The maximum atomic E-state index is 13.1. The second-order valence-electron chi connectivity index (χ2n) is 6.78. The van der Waals surface area contributed by atoms with E-state index in [1.807, 2.05) is 61.6 Å². The van der Waals surface area contributed by atoms with E-state index in [4.69, 9.17) is 14.5 Å². The number of aromatic nitrogens is 2. The second-order valence-corrected chi connectivity index (χ2v) is 8.00. The molecule has 0 aliphatic heterocycles. The first kappa shape index (κ1) is 21.4. The number of anilines is 4. The third-order valence-electron chi connectivity index (χ3n) is 4.71. The van der Waals surface area contributed by atoms with Crippen molar-refractivity contribution < 1.29 is 13.7 Å². The van der Waals surface area contributed by atoms with Crippen molar-refractivity contribution in [3.05, 3.63) is 66.7 Å². The topological polar surface area (TPSA) is 97.4 Å². The molecule has 1 atom stereocenters. The van der Waals surface area contributed by atoms with Crippen LogP contribution in [0.3, 0.4) is 0 Å². The number of hydrogen-bond acceptors (Lipinski definition) is 7. The summed E-state index contributed by atoms with van der Waals surface area (Å²) in [6.45, 7) is 0. The summed E-state index contributed by atoms with van der Waals surface area (Å²) in [7, 11) is 3.44. The maximum Gasteiger partial charge on any atom is 0.182 e. The summed E-state index contributed by atoms with van der Waals surface area (Å²) in [4.78, 5) is 9.97. The molecule has 4 rings (SSSR count). The molecule has 9 heteroatoms. The molecule has 3 aromatic carbocycles. The molecular formula is C23H23N5O3S. The number of ether oxygens (including phenoxy) is 2. The zero-order valence-corrected chi connectivity index (χ0v) is 18.7. The van der Waals surface area contributed by atoms with Crippen LogP contribution in [0.1, 0.15) is 0 Å². The Balaban J connectivity index is 1.73. The van der Waals surface area contributed by atoms with Crippen LogP contribution in [0.4, 0.5) is 23.0 Å². The van der Waals surface area contributed by atoms with E-state index in [9.17, 15) is 4.21 Å². The van der Waals surface area contributed by atoms with Gasteiger partial charge in [0.05, 0.1) is 30.1 Å². The molecule has 164 valence electrons. The molecule has 3 N–H and O–H groups in total. The van der Waals surface area contributed by atoms with Gasteiger partial charge in [-0.2, -0.15) is 0 Å². The van der Waals surface area contributed by atoms with Gasteiger partial charge in [-0.15, -0.1) is 0 Å². The Morgan fingerprint density at radius 2 is 1.44 bits per heavy atom. The SMILES string of the molecule is CNc1cccc(S(=O)Nc2nc3ccccc3nc2Nc2cc(OC)cc(OC)c2)c1. The Morgan fingerprint density at radius 3 is 2.06 bits per heavy atom. The summed E-state index contributed by atoms with van der Waals surface area (Å²) in [5, 5.41) is 6.30. The number of para-hydroxylation sites is 2. The molecule has 32 heavy (non-hydrogen) atoms. The van der Waals surface area contributed by atoms with Gasteiger partial charge < -0.3 is 20.1 Å². The Morgan fingerprint density at radius 1 is 0.781 bits per heavy atom. The average Bonchev–Trinajstić information content (AvgIpc) is 2.84. The molecule has 0 amide bonds. The fraction of sp³-hybridized carbons (Fsp3) is 0.130. The van der Waals surface area contributed by atoms with Crippen molar-refractivity contribution in [1.82, 2.24) is 9.97 Å². The number of benzene rings is 3. The quantitative estimate of drug-likeness (QED) is 0.363.